The number of pyridine rings is 1. The minimum atomic E-state index is -0.531. The maximum Gasteiger partial charge on any atom is 0.407 e. The Balaban J connectivity index is 2.41. The van der Waals surface area contributed by atoms with E-state index in [0.29, 0.717) is 13.2 Å². The molecule has 3 N–H and O–H groups in total. The first kappa shape index (κ1) is 18.0. The summed E-state index contributed by atoms with van der Waals surface area (Å²) in [5, 5.41) is 2.69. The van der Waals surface area contributed by atoms with E-state index in [2.05, 4.69) is 5.32 Å². The normalized spacial score (nSPS) is 12.8. The lowest BCUT2D eigenvalue weighted by Crippen LogP contribution is -2.39. The SMILES string of the molecule is C[C@H](COCc1cc(N)c(=O)n(C)c1)NC(=O)OC(C)(C)C. The van der Waals surface area contributed by atoms with E-state index < -0.39 is 11.7 Å². The number of nitrogens with two attached hydrogens (primary N) is 1. The van der Waals surface area contributed by atoms with Crippen molar-refractivity contribution in [3.05, 3.63) is 28.2 Å². The van der Waals surface area contributed by atoms with E-state index in [4.69, 9.17) is 15.2 Å². The van der Waals surface area contributed by atoms with Gasteiger partial charge in [-0.25, -0.2) is 4.79 Å². The quantitative estimate of drug-likeness (QED) is 0.857. The first-order chi connectivity index (χ1) is 10.1. The number of aromatic nitrogens is 1. The molecule has 22 heavy (non-hydrogen) atoms. The fourth-order valence-electron chi connectivity index (χ4n) is 1.79. The number of ether oxygens (including phenoxy) is 2. The predicted octanol–water partition coefficient (Wildman–Crippen LogP) is 1.40. The molecule has 0 unspecified atom stereocenters. The van der Waals surface area contributed by atoms with E-state index in [1.165, 1.54) is 4.57 Å². The first-order valence-electron chi connectivity index (χ1n) is 7.11. The Morgan fingerprint density at radius 3 is 2.64 bits per heavy atom. The standard InChI is InChI=1S/C15H25N3O4/c1-10(17-14(20)22-15(2,3)4)8-21-9-11-6-12(16)13(19)18(5)7-11/h6-7,10H,8-9,16H2,1-5H3,(H,17,20)/t10-/m1/s1. The minimum absolute atomic E-state index is 0.184. The van der Waals surface area contributed by atoms with E-state index in [1.54, 1.807) is 40.1 Å². The third-order valence-corrected chi connectivity index (χ3v) is 2.67. The van der Waals surface area contributed by atoms with Gasteiger partial charge in [0.15, 0.2) is 0 Å². The van der Waals surface area contributed by atoms with Crippen molar-refractivity contribution in [3.8, 4) is 0 Å². The number of alkyl carbamates (subject to hydrolysis) is 1. The summed E-state index contributed by atoms with van der Waals surface area (Å²) in [6, 6.07) is 1.40. The number of nitrogen functional groups attached to an aromatic ring is 1. The van der Waals surface area contributed by atoms with Crippen LogP contribution in [-0.2, 0) is 23.1 Å². The molecule has 1 heterocycles. The van der Waals surface area contributed by atoms with Crippen molar-refractivity contribution in [2.45, 2.75) is 45.9 Å². The maximum absolute atomic E-state index is 11.6. The van der Waals surface area contributed by atoms with Crippen molar-refractivity contribution < 1.29 is 14.3 Å². The Morgan fingerprint density at radius 2 is 2.09 bits per heavy atom. The Kier molecular flexibility index (Phi) is 5.99. The number of nitrogens with zero attached hydrogens (tertiary/aromatic N) is 1. The zero-order valence-corrected chi connectivity index (χ0v) is 13.8. The summed E-state index contributed by atoms with van der Waals surface area (Å²) in [6.45, 7) is 7.85. The highest BCUT2D eigenvalue weighted by molar-refractivity contribution is 5.68. The highest BCUT2D eigenvalue weighted by Crippen LogP contribution is 2.07. The molecule has 0 fully saturated rings. The largest absolute Gasteiger partial charge is 0.444 e. The van der Waals surface area contributed by atoms with Crippen molar-refractivity contribution in [2.75, 3.05) is 12.3 Å². The van der Waals surface area contributed by atoms with E-state index in [1.807, 2.05) is 6.92 Å². The number of aryl methyl sites for hydroxylation is 1. The molecule has 0 aliphatic carbocycles. The van der Waals surface area contributed by atoms with E-state index in [9.17, 15) is 9.59 Å². The summed E-state index contributed by atoms with van der Waals surface area (Å²) in [4.78, 5) is 23.1. The lowest BCUT2D eigenvalue weighted by atomic mass is 10.2. The lowest BCUT2D eigenvalue weighted by molar-refractivity contribution is 0.0442. The van der Waals surface area contributed by atoms with Gasteiger partial charge in [-0.1, -0.05) is 0 Å². The molecule has 0 bridgehead atoms. The van der Waals surface area contributed by atoms with Crippen LogP contribution in [0.25, 0.3) is 0 Å². The minimum Gasteiger partial charge on any atom is -0.444 e. The van der Waals surface area contributed by atoms with Crippen LogP contribution in [0.4, 0.5) is 10.5 Å². The summed E-state index contributed by atoms with van der Waals surface area (Å²) in [6.07, 6.45) is 1.19. The van der Waals surface area contributed by atoms with Crippen LogP contribution in [0.3, 0.4) is 0 Å². The van der Waals surface area contributed by atoms with Gasteiger partial charge in [0.25, 0.3) is 5.56 Å². The molecular formula is C15H25N3O4. The molecule has 1 aromatic rings. The number of hydrogen-bond acceptors (Lipinski definition) is 5. The summed E-state index contributed by atoms with van der Waals surface area (Å²) >= 11 is 0. The Labute approximate surface area is 130 Å². The second-order valence-corrected chi connectivity index (χ2v) is 6.28. The Bertz CT molecular complexity index is 549. The lowest BCUT2D eigenvalue weighted by Gasteiger charge is -2.22. The number of amides is 1. The van der Waals surface area contributed by atoms with Crippen molar-refractivity contribution in [1.82, 2.24) is 9.88 Å². The van der Waals surface area contributed by atoms with Crippen LogP contribution in [-0.4, -0.2) is 28.9 Å². The van der Waals surface area contributed by atoms with Crippen molar-refractivity contribution in [1.29, 1.82) is 0 Å². The fourth-order valence-corrected chi connectivity index (χ4v) is 1.79. The van der Waals surface area contributed by atoms with Crippen LogP contribution in [0.15, 0.2) is 17.1 Å². The van der Waals surface area contributed by atoms with Gasteiger partial charge in [0.2, 0.25) is 0 Å². The average Bonchev–Trinajstić information content (AvgIpc) is 2.33. The molecule has 0 aliphatic rings. The zero-order valence-electron chi connectivity index (χ0n) is 13.8. The number of carbonyl (C=O) groups is 1. The molecule has 1 atom stereocenters. The van der Waals surface area contributed by atoms with Crippen LogP contribution < -0.4 is 16.6 Å². The smallest absolute Gasteiger partial charge is 0.407 e. The van der Waals surface area contributed by atoms with Gasteiger partial charge >= 0.3 is 6.09 Å². The van der Waals surface area contributed by atoms with Crippen molar-refractivity contribution in [2.24, 2.45) is 7.05 Å². The van der Waals surface area contributed by atoms with E-state index in [0.717, 1.165) is 5.56 Å². The zero-order chi connectivity index (χ0) is 16.9. The highest BCUT2D eigenvalue weighted by atomic mass is 16.6. The number of carbonyl (C=O) groups excluding carboxylic acids is 1. The molecule has 0 saturated heterocycles. The van der Waals surface area contributed by atoms with E-state index >= 15 is 0 Å². The summed E-state index contributed by atoms with van der Waals surface area (Å²) in [5.74, 6) is 0. The Morgan fingerprint density at radius 1 is 1.45 bits per heavy atom. The second-order valence-electron chi connectivity index (χ2n) is 6.28. The molecule has 1 rings (SSSR count). The van der Waals surface area contributed by atoms with Gasteiger partial charge < -0.3 is 25.1 Å². The predicted molar refractivity (Wildman–Crippen MR) is 84.6 cm³/mol. The third kappa shape index (κ3) is 6.17. The molecule has 0 aliphatic heterocycles. The molecule has 1 amide bonds. The van der Waals surface area contributed by atoms with Gasteiger partial charge in [-0.3, -0.25) is 4.79 Å². The number of anilines is 1. The van der Waals surface area contributed by atoms with Crippen LogP contribution in [0, 0.1) is 0 Å². The van der Waals surface area contributed by atoms with Gasteiger partial charge in [0.1, 0.15) is 5.60 Å². The van der Waals surface area contributed by atoms with Gasteiger partial charge in [-0.15, -0.1) is 0 Å². The highest BCUT2D eigenvalue weighted by Gasteiger charge is 2.17. The second kappa shape index (κ2) is 7.31. The van der Waals surface area contributed by atoms with Crippen LogP contribution in [0.5, 0.6) is 0 Å². The number of nitrogens with one attached hydrogen (secondary N) is 1. The van der Waals surface area contributed by atoms with Gasteiger partial charge in [0, 0.05) is 13.2 Å². The molecule has 124 valence electrons. The van der Waals surface area contributed by atoms with Gasteiger partial charge in [-0.05, 0) is 39.3 Å². The topological polar surface area (TPSA) is 95.6 Å². The Hall–Kier alpha value is -2.02. The fraction of sp³-hybridized carbons (Fsp3) is 0.600. The molecule has 0 spiro atoms. The van der Waals surface area contributed by atoms with Crippen LogP contribution in [0.1, 0.15) is 33.3 Å². The number of rotatable bonds is 5. The van der Waals surface area contributed by atoms with Crippen LogP contribution in [0.2, 0.25) is 0 Å². The molecule has 0 saturated carbocycles. The summed E-state index contributed by atoms with van der Waals surface area (Å²) in [5.41, 5.74) is 5.83. The summed E-state index contributed by atoms with van der Waals surface area (Å²) < 4.78 is 12.1. The number of hydrogen-bond donors (Lipinski definition) is 2. The molecule has 0 aromatic carbocycles. The molecule has 7 nitrogen and oxygen atoms in total. The molecule has 0 radical (unpaired) electrons. The van der Waals surface area contributed by atoms with E-state index in [-0.39, 0.29) is 17.3 Å². The van der Waals surface area contributed by atoms with Crippen molar-refractivity contribution in [3.63, 3.8) is 0 Å². The third-order valence-electron chi connectivity index (χ3n) is 2.67. The monoisotopic (exact) mass is 311 g/mol. The maximum atomic E-state index is 11.6. The molecule has 7 heteroatoms. The average molecular weight is 311 g/mol. The first-order valence-corrected chi connectivity index (χ1v) is 7.11. The summed E-state index contributed by atoms with van der Waals surface area (Å²) in [7, 11) is 1.63. The van der Waals surface area contributed by atoms with Crippen molar-refractivity contribution >= 4 is 11.8 Å². The molecule has 1 aromatic heterocycles. The van der Waals surface area contributed by atoms with Gasteiger partial charge in [0.05, 0.1) is 24.9 Å². The van der Waals surface area contributed by atoms with Crippen LogP contribution >= 0.6 is 0 Å². The van der Waals surface area contributed by atoms with Gasteiger partial charge in [-0.2, -0.15) is 0 Å². The molecular weight excluding hydrogens is 286 g/mol.